The van der Waals surface area contributed by atoms with Crippen molar-refractivity contribution in [3.63, 3.8) is 0 Å². The Labute approximate surface area is 193 Å². The molecule has 3 aromatic rings. The Morgan fingerprint density at radius 2 is 1.97 bits per heavy atom. The molecule has 1 aliphatic rings. The van der Waals surface area contributed by atoms with Gasteiger partial charge in [0.05, 0.1) is 22.4 Å². The number of carbonyl (C=O) groups is 1. The van der Waals surface area contributed by atoms with E-state index in [1.807, 2.05) is 26.1 Å². The second kappa shape index (κ2) is 10.2. The molecule has 0 atom stereocenters. The van der Waals surface area contributed by atoms with E-state index in [-0.39, 0.29) is 11.9 Å². The van der Waals surface area contributed by atoms with Crippen LogP contribution in [-0.2, 0) is 16.0 Å². The van der Waals surface area contributed by atoms with Gasteiger partial charge in [-0.15, -0.1) is 11.3 Å². The van der Waals surface area contributed by atoms with E-state index in [0.717, 1.165) is 58.9 Å². The summed E-state index contributed by atoms with van der Waals surface area (Å²) in [6, 6.07) is 8.29. The van der Waals surface area contributed by atoms with Crippen LogP contribution in [0.5, 0.6) is 0 Å². The molecule has 4 rings (SSSR count). The molecule has 0 spiro atoms. The van der Waals surface area contributed by atoms with Crippen molar-refractivity contribution >= 4 is 28.9 Å². The highest BCUT2D eigenvalue weighted by Crippen LogP contribution is 2.35. The summed E-state index contributed by atoms with van der Waals surface area (Å²) in [5.74, 6) is 1.24. The van der Waals surface area contributed by atoms with Crippen LogP contribution in [0, 0.1) is 25.7 Å². The third-order valence-electron chi connectivity index (χ3n) is 5.90. The van der Waals surface area contributed by atoms with Crippen molar-refractivity contribution in [2.24, 2.45) is 11.8 Å². The zero-order valence-corrected chi connectivity index (χ0v) is 19.7. The van der Waals surface area contributed by atoms with Gasteiger partial charge in [-0.1, -0.05) is 6.07 Å². The minimum absolute atomic E-state index is 0.0255. The quantitative estimate of drug-likeness (QED) is 0.454. The molecule has 7 heteroatoms. The predicted octanol–water partition coefficient (Wildman–Crippen LogP) is 5.87. The van der Waals surface area contributed by atoms with Gasteiger partial charge in [-0.25, -0.2) is 15.0 Å². The number of carbonyl (C=O) groups excluding carboxylic acids is 1. The molecule has 0 aliphatic heterocycles. The molecule has 0 amide bonds. The standard InChI is InChI=1S/C25H30N4O2S/c1-4-31-24(30)19-7-5-18(6-8-19)13-23-27-15-22(32-23)20-11-16(2)12-21(14-20)29-25-26-10-9-17(3)28-25/h9-12,14-15,18-19H,4-8,13H2,1-3H3,(H,26,28,29). The van der Waals surface area contributed by atoms with Crippen LogP contribution in [0.2, 0.25) is 0 Å². The Kier molecular flexibility index (Phi) is 7.15. The van der Waals surface area contributed by atoms with Crippen LogP contribution >= 0.6 is 11.3 Å². The van der Waals surface area contributed by atoms with E-state index >= 15 is 0 Å². The molecule has 32 heavy (non-hydrogen) atoms. The van der Waals surface area contributed by atoms with Gasteiger partial charge in [-0.2, -0.15) is 0 Å². The molecule has 0 radical (unpaired) electrons. The first-order valence-corrected chi connectivity index (χ1v) is 12.1. The predicted molar refractivity (Wildman–Crippen MR) is 128 cm³/mol. The number of thiazole rings is 1. The number of aryl methyl sites for hydroxylation is 2. The third-order valence-corrected chi connectivity index (χ3v) is 6.97. The van der Waals surface area contributed by atoms with Crippen molar-refractivity contribution in [2.45, 2.75) is 52.9 Å². The molecule has 6 nitrogen and oxygen atoms in total. The number of nitrogens with zero attached hydrogens (tertiary/aromatic N) is 3. The molecule has 2 aromatic heterocycles. The third kappa shape index (κ3) is 5.71. The van der Waals surface area contributed by atoms with Gasteiger partial charge in [0, 0.05) is 30.2 Å². The number of esters is 1. The van der Waals surface area contributed by atoms with E-state index in [1.165, 1.54) is 5.56 Å². The summed E-state index contributed by atoms with van der Waals surface area (Å²) in [5, 5.41) is 4.48. The first kappa shape index (κ1) is 22.4. The molecule has 1 aliphatic carbocycles. The molecule has 0 unspecified atom stereocenters. The van der Waals surface area contributed by atoms with E-state index in [1.54, 1.807) is 17.5 Å². The molecule has 1 aromatic carbocycles. The van der Waals surface area contributed by atoms with E-state index in [0.29, 0.717) is 18.5 Å². The highest BCUT2D eigenvalue weighted by atomic mass is 32.1. The minimum atomic E-state index is -0.0255. The Morgan fingerprint density at radius 1 is 1.16 bits per heavy atom. The molecule has 168 valence electrons. The van der Waals surface area contributed by atoms with Gasteiger partial charge < -0.3 is 10.1 Å². The fourth-order valence-electron chi connectivity index (χ4n) is 4.28. The highest BCUT2D eigenvalue weighted by Gasteiger charge is 2.27. The van der Waals surface area contributed by atoms with Gasteiger partial charge in [-0.05, 0) is 81.7 Å². The fourth-order valence-corrected chi connectivity index (χ4v) is 5.30. The Morgan fingerprint density at radius 3 is 2.72 bits per heavy atom. The maximum Gasteiger partial charge on any atom is 0.308 e. The molecular weight excluding hydrogens is 420 g/mol. The van der Waals surface area contributed by atoms with Crippen LogP contribution in [0.3, 0.4) is 0 Å². The lowest BCUT2D eigenvalue weighted by Crippen LogP contribution is -2.24. The van der Waals surface area contributed by atoms with Gasteiger partial charge >= 0.3 is 5.97 Å². The zero-order chi connectivity index (χ0) is 22.5. The van der Waals surface area contributed by atoms with Crippen LogP contribution < -0.4 is 5.32 Å². The molecule has 2 heterocycles. The summed E-state index contributed by atoms with van der Waals surface area (Å²) in [5.41, 5.74) is 4.22. The first-order valence-electron chi connectivity index (χ1n) is 11.3. The average Bonchev–Trinajstić information content (AvgIpc) is 3.23. The molecule has 0 saturated heterocycles. The molecular formula is C25H30N4O2S. The summed E-state index contributed by atoms with van der Waals surface area (Å²) in [4.78, 5) is 26.6. The molecule has 1 fully saturated rings. The summed E-state index contributed by atoms with van der Waals surface area (Å²) >= 11 is 1.76. The van der Waals surface area contributed by atoms with Gasteiger partial charge in [0.1, 0.15) is 0 Å². The Balaban J connectivity index is 1.40. The molecule has 0 bridgehead atoms. The number of hydrogen-bond donors (Lipinski definition) is 1. The normalized spacial score (nSPS) is 18.3. The lowest BCUT2D eigenvalue weighted by Gasteiger charge is -2.26. The summed E-state index contributed by atoms with van der Waals surface area (Å²) in [6.07, 6.45) is 8.70. The number of nitrogens with one attached hydrogen (secondary N) is 1. The second-order valence-corrected chi connectivity index (χ2v) is 9.64. The topological polar surface area (TPSA) is 77.0 Å². The number of rotatable bonds is 7. The minimum Gasteiger partial charge on any atom is -0.466 e. The molecule has 1 saturated carbocycles. The largest absolute Gasteiger partial charge is 0.466 e. The van der Waals surface area contributed by atoms with Crippen molar-refractivity contribution in [1.82, 2.24) is 15.0 Å². The Bertz CT molecular complexity index is 1070. The maximum atomic E-state index is 12.0. The molecule has 1 N–H and O–H groups in total. The van der Waals surface area contributed by atoms with E-state index in [2.05, 4.69) is 40.4 Å². The van der Waals surface area contributed by atoms with Gasteiger partial charge in [0.25, 0.3) is 0 Å². The second-order valence-electron chi connectivity index (χ2n) is 8.53. The van der Waals surface area contributed by atoms with Crippen LogP contribution in [0.25, 0.3) is 10.4 Å². The van der Waals surface area contributed by atoms with E-state index < -0.39 is 0 Å². The number of ether oxygens (including phenoxy) is 1. The van der Waals surface area contributed by atoms with Crippen molar-refractivity contribution < 1.29 is 9.53 Å². The van der Waals surface area contributed by atoms with Gasteiger partial charge in [0.2, 0.25) is 5.95 Å². The number of hydrogen-bond acceptors (Lipinski definition) is 7. The number of aromatic nitrogens is 3. The van der Waals surface area contributed by atoms with E-state index in [4.69, 9.17) is 9.72 Å². The van der Waals surface area contributed by atoms with Crippen molar-refractivity contribution in [2.75, 3.05) is 11.9 Å². The van der Waals surface area contributed by atoms with Gasteiger partial charge in [-0.3, -0.25) is 4.79 Å². The average molecular weight is 451 g/mol. The zero-order valence-electron chi connectivity index (χ0n) is 18.9. The van der Waals surface area contributed by atoms with Crippen LogP contribution in [0.4, 0.5) is 11.6 Å². The van der Waals surface area contributed by atoms with Gasteiger partial charge in [0.15, 0.2) is 0 Å². The highest BCUT2D eigenvalue weighted by molar-refractivity contribution is 7.15. The van der Waals surface area contributed by atoms with Crippen molar-refractivity contribution in [3.8, 4) is 10.4 Å². The van der Waals surface area contributed by atoms with Crippen LogP contribution in [0.15, 0.2) is 36.7 Å². The summed E-state index contributed by atoms with van der Waals surface area (Å²) in [7, 11) is 0. The lowest BCUT2D eigenvalue weighted by atomic mass is 9.81. The SMILES string of the molecule is CCOC(=O)C1CCC(Cc2ncc(-c3cc(C)cc(Nc4nccc(C)n4)c3)s2)CC1. The monoisotopic (exact) mass is 450 g/mol. The van der Waals surface area contributed by atoms with Crippen molar-refractivity contribution in [3.05, 3.63) is 52.9 Å². The lowest BCUT2D eigenvalue weighted by molar-refractivity contribution is -0.149. The Hall–Kier alpha value is -2.80. The summed E-state index contributed by atoms with van der Waals surface area (Å²) < 4.78 is 5.19. The van der Waals surface area contributed by atoms with Crippen molar-refractivity contribution in [1.29, 1.82) is 0 Å². The maximum absolute atomic E-state index is 12.0. The smallest absolute Gasteiger partial charge is 0.308 e. The van der Waals surface area contributed by atoms with Crippen LogP contribution in [0.1, 0.15) is 48.9 Å². The van der Waals surface area contributed by atoms with E-state index in [9.17, 15) is 4.79 Å². The number of anilines is 2. The van der Waals surface area contributed by atoms with Crippen LogP contribution in [-0.4, -0.2) is 27.5 Å². The fraction of sp³-hybridized carbons (Fsp3) is 0.440. The number of benzene rings is 1. The summed E-state index contributed by atoms with van der Waals surface area (Å²) in [6.45, 7) is 6.38. The first-order chi connectivity index (χ1) is 15.5.